The molecule has 0 aromatic heterocycles. The van der Waals surface area contributed by atoms with Crippen LogP contribution in [0.25, 0.3) is 0 Å². The van der Waals surface area contributed by atoms with E-state index in [0.29, 0.717) is 21.9 Å². The first kappa shape index (κ1) is 17.5. The highest BCUT2D eigenvalue weighted by Crippen LogP contribution is 2.13. The van der Waals surface area contributed by atoms with Crippen molar-refractivity contribution in [2.75, 3.05) is 19.0 Å². The van der Waals surface area contributed by atoms with E-state index in [1.807, 2.05) is 43.3 Å². The van der Waals surface area contributed by atoms with Gasteiger partial charge in [-0.1, -0.05) is 35.0 Å². The first-order valence-corrected chi connectivity index (χ1v) is 7.48. The molecule has 0 aliphatic carbocycles. The zero-order valence-electron chi connectivity index (χ0n) is 13.3. The molecule has 1 amide bonds. The molecule has 0 unspecified atom stereocenters. The highest BCUT2D eigenvalue weighted by molar-refractivity contribution is 6.38. The summed E-state index contributed by atoms with van der Waals surface area (Å²) in [5, 5.41) is 16.3. The zero-order chi connectivity index (χ0) is 17.5. The average molecular weight is 345 g/mol. The number of hydrogen-bond acceptors (Lipinski definition) is 5. The highest BCUT2D eigenvalue weighted by Gasteiger charge is 2.07. The Morgan fingerprint density at radius 3 is 2.46 bits per heavy atom. The molecule has 0 aliphatic rings. The Balaban J connectivity index is 2.20. The van der Waals surface area contributed by atoms with Gasteiger partial charge < -0.3 is 10.1 Å². The number of benzene rings is 2. The van der Waals surface area contributed by atoms with Crippen molar-refractivity contribution >= 4 is 35.1 Å². The summed E-state index contributed by atoms with van der Waals surface area (Å²) in [7, 11) is 3.87. The topological polar surface area (TPSA) is 77.3 Å². The van der Waals surface area contributed by atoms with Crippen LogP contribution < -0.4 is 10.3 Å². The van der Waals surface area contributed by atoms with E-state index in [9.17, 15) is 4.79 Å². The summed E-state index contributed by atoms with van der Waals surface area (Å²) in [6, 6.07) is 14.0. The molecule has 2 aromatic carbocycles. The van der Waals surface area contributed by atoms with Gasteiger partial charge in [0.05, 0.1) is 6.21 Å². The minimum absolute atomic E-state index is 0.318. The summed E-state index contributed by atoms with van der Waals surface area (Å²) in [6.07, 6.45) is 1.16. The molecule has 7 heteroatoms. The fraction of sp³-hybridized carbons (Fsp3) is 0.118. The van der Waals surface area contributed by atoms with Crippen LogP contribution in [0.15, 0.2) is 58.8 Å². The van der Waals surface area contributed by atoms with Crippen molar-refractivity contribution < 1.29 is 10.0 Å². The van der Waals surface area contributed by atoms with Gasteiger partial charge in [0.15, 0.2) is 0 Å². The molecule has 0 bridgehead atoms. The maximum atomic E-state index is 12.1. The van der Waals surface area contributed by atoms with E-state index < -0.39 is 5.91 Å². The van der Waals surface area contributed by atoms with Gasteiger partial charge in [0, 0.05) is 35.9 Å². The fourth-order valence-corrected chi connectivity index (χ4v) is 2.15. The number of carbonyl (C=O) groups is 1. The van der Waals surface area contributed by atoms with Crippen molar-refractivity contribution in [3.8, 4) is 0 Å². The minimum Gasteiger partial charge on any atom is -0.411 e. The summed E-state index contributed by atoms with van der Waals surface area (Å²) in [4.78, 5) is 14.0. The molecule has 0 aliphatic heterocycles. The number of nitrogens with one attached hydrogen (secondary N) is 1. The first-order valence-electron chi connectivity index (χ1n) is 7.10. The van der Waals surface area contributed by atoms with Crippen LogP contribution in [0.1, 0.15) is 15.9 Å². The normalized spacial score (nSPS) is 11.5. The van der Waals surface area contributed by atoms with Crippen molar-refractivity contribution in [3.63, 3.8) is 0 Å². The van der Waals surface area contributed by atoms with Crippen LogP contribution in [0.5, 0.6) is 0 Å². The molecule has 0 fully saturated rings. The minimum atomic E-state index is -0.411. The number of hydrogen-bond donors (Lipinski definition) is 2. The van der Waals surface area contributed by atoms with E-state index in [1.165, 1.54) is 6.07 Å². The molecule has 0 atom stereocenters. The second kappa shape index (κ2) is 8.12. The van der Waals surface area contributed by atoms with Crippen molar-refractivity contribution in [2.24, 2.45) is 10.3 Å². The summed E-state index contributed by atoms with van der Waals surface area (Å²) in [6.45, 7) is 0. The Labute approximate surface area is 145 Å². The number of amides is 1. The smallest absolute Gasteiger partial charge is 0.271 e. The van der Waals surface area contributed by atoms with Crippen LogP contribution >= 0.6 is 11.6 Å². The summed E-state index contributed by atoms with van der Waals surface area (Å²) in [5.41, 5.74) is 4.84. The third kappa shape index (κ3) is 4.57. The predicted octanol–water partition coefficient (Wildman–Crippen LogP) is 3.00. The van der Waals surface area contributed by atoms with Gasteiger partial charge in [-0.15, -0.1) is 0 Å². The van der Waals surface area contributed by atoms with Gasteiger partial charge in [-0.3, -0.25) is 4.79 Å². The Morgan fingerprint density at radius 2 is 1.88 bits per heavy atom. The average Bonchev–Trinajstić information content (AvgIpc) is 2.58. The Morgan fingerprint density at radius 1 is 1.17 bits per heavy atom. The molecule has 24 heavy (non-hydrogen) atoms. The molecule has 2 N–H and O–H groups in total. The molecule has 0 radical (unpaired) electrons. The molecule has 124 valence electrons. The predicted molar refractivity (Wildman–Crippen MR) is 96.5 cm³/mol. The quantitative estimate of drug-likeness (QED) is 0.497. The van der Waals surface area contributed by atoms with Crippen LogP contribution in [0, 0.1) is 0 Å². The maximum absolute atomic E-state index is 12.1. The number of nitrogens with zero attached hydrogens (tertiary/aromatic N) is 3. The first-order chi connectivity index (χ1) is 11.5. The molecule has 6 nitrogen and oxygen atoms in total. The van der Waals surface area contributed by atoms with Crippen LogP contribution in [-0.4, -0.2) is 37.1 Å². The van der Waals surface area contributed by atoms with E-state index >= 15 is 0 Å². The lowest BCUT2D eigenvalue weighted by Crippen LogP contribution is -2.20. The fourth-order valence-electron chi connectivity index (χ4n) is 1.96. The van der Waals surface area contributed by atoms with Gasteiger partial charge in [0.1, 0.15) is 5.71 Å². The van der Waals surface area contributed by atoms with Crippen LogP contribution in [-0.2, 0) is 0 Å². The second-order valence-corrected chi connectivity index (χ2v) is 5.57. The third-order valence-electron chi connectivity index (χ3n) is 3.22. The third-order valence-corrected chi connectivity index (χ3v) is 3.46. The van der Waals surface area contributed by atoms with E-state index in [-0.39, 0.29) is 0 Å². The van der Waals surface area contributed by atoms with Crippen molar-refractivity contribution in [1.82, 2.24) is 5.43 Å². The van der Waals surface area contributed by atoms with E-state index in [0.717, 1.165) is 11.9 Å². The highest BCUT2D eigenvalue weighted by atomic mass is 35.5. The molecule has 0 saturated heterocycles. The number of oxime groups is 1. The van der Waals surface area contributed by atoms with Crippen molar-refractivity contribution in [1.29, 1.82) is 0 Å². The van der Waals surface area contributed by atoms with Gasteiger partial charge in [-0.05, 0) is 30.3 Å². The second-order valence-electron chi connectivity index (χ2n) is 5.13. The lowest BCUT2D eigenvalue weighted by molar-refractivity contribution is 0.0955. The largest absolute Gasteiger partial charge is 0.411 e. The van der Waals surface area contributed by atoms with Gasteiger partial charge in [0.25, 0.3) is 5.91 Å². The summed E-state index contributed by atoms with van der Waals surface area (Å²) < 4.78 is 0. The Kier molecular flexibility index (Phi) is 5.92. The van der Waals surface area contributed by atoms with Crippen LogP contribution in [0.4, 0.5) is 5.69 Å². The monoisotopic (exact) mass is 344 g/mol. The van der Waals surface area contributed by atoms with Gasteiger partial charge in [0.2, 0.25) is 0 Å². The lowest BCUT2D eigenvalue weighted by Gasteiger charge is -2.12. The van der Waals surface area contributed by atoms with Gasteiger partial charge in [-0.2, -0.15) is 5.10 Å². The van der Waals surface area contributed by atoms with E-state index in [1.54, 1.807) is 18.2 Å². The number of rotatable bonds is 5. The summed E-state index contributed by atoms with van der Waals surface area (Å²) in [5.74, 6) is -0.411. The Bertz CT molecular complexity index is 770. The SMILES string of the molecule is CN(C)c1ccc(C(C=NO)=NNC(=O)c2cccc(Cl)c2)cc1. The van der Waals surface area contributed by atoms with Gasteiger partial charge in [-0.25, -0.2) is 5.43 Å². The molecule has 0 spiro atoms. The Hall–Kier alpha value is -2.86. The van der Waals surface area contributed by atoms with Crippen molar-refractivity contribution in [2.45, 2.75) is 0 Å². The standard InChI is InChI=1S/C17H17ClN4O2/c1-22(2)15-8-6-12(7-9-15)16(11-19-24)20-21-17(23)13-4-3-5-14(18)10-13/h3-11,24H,1-2H3,(H,21,23). The molecule has 2 rings (SSSR count). The number of hydrazone groups is 1. The van der Waals surface area contributed by atoms with Crippen LogP contribution in [0.2, 0.25) is 5.02 Å². The molecule has 0 saturated carbocycles. The molecular formula is C17H17ClN4O2. The maximum Gasteiger partial charge on any atom is 0.271 e. The molecular weight excluding hydrogens is 328 g/mol. The number of halogens is 1. The zero-order valence-corrected chi connectivity index (χ0v) is 14.0. The summed E-state index contributed by atoms with van der Waals surface area (Å²) >= 11 is 5.86. The van der Waals surface area contributed by atoms with Crippen LogP contribution in [0.3, 0.4) is 0 Å². The number of anilines is 1. The van der Waals surface area contributed by atoms with Crippen molar-refractivity contribution in [3.05, 3.63) is 64.7 Å². The van der Waals surface area contributed by atoms with E-state index in [2.05, 4.69) is 15.7 Å². The molecule has 0 heterocycles. The lowest BCUT2D eigenvalue weighted by atomic mass is 10.1. The molecule has 2 aromatic rings. The number of carbonyl (C=O) groups excluding carboxylic acids is 1. The van der Waals surface area contributed by atoms with E-state index in [4.69, 9.17) is 16.8 Å². The van der Waals surface area contributed by atoms with Gasteiger partial charge >= 0.3 is 0 Å².